The number of hydrogen-bond acceptors (Lipinski definition) is 1. The van der Waals surface area contributed by atoms with Gasteiger partial charge >= 0.3 is 6.03 Å². The van der Waals surface area contributed by atoms with Crippen LogP contribution in [0.15, 0.2) is 30.5 Å². The molecule has 104 valence electrons. The van der Waals surface area contributed by atoms with Crippen molar-refractivity contribution in [3.63, 3.8) is 0 Å². The van der Waals surface area contributed by atoms with Crippen LogP contribution < -0.4 is 5.32 Å². The summed E-state index contributed by atoms with van der Waals surface area (Å²) in [6, 6.07) is 7.43. The van der Waals surface area contributed by atoms with Gasteiger partial charge in [0.05, 0.1) is 0 Å². The second-order valence-electron chi connectivity index (χ2n) is 4.32. The molecule has 1 N–H and O–H groups in total. The Hall–Kier alpha value is -1.48. The van der Waals surface area contributed by atoms with Crippen LogP contribution in [0.3, 0.4) is 0 Å². The fourth-order valence-electron chi connectivity index (χ4n) is 1.77. The Labute approximate surface area is 120 Å². The van der Waals surface area contributed by atoms with Crippen LogP contribution in [0, 0.1) is 0 Å². The molecular weight excluding hydrogens is 260 g/mol. The molecule has 0 aromatic heterocycles. The van der Waals surface area contributed by atoms with Gasteiger partial charge in [-0.3, -0.25) is 0 Å². The zero-order valence-corrected chi connectivity index (χ0v) is 12.3. The molecule has 0 aliphatic carbocycles. The van der Waals surface area contributed by atoms with E-state index in [4.69, 9.17) is 11.6 Å². The lowest BCUT2D eigenvalue weighted by Crippen LogP contribution is -2.38. The van der Waals surface area contributed by atoms with Gasteiger partial charge in [-0.15, -0.1) is 0 Å². The molecule has 4 heteroatoms. The second kappa shape index (κ2) is 8.59. The number of halogens is 1. The first-order valence-electron chi connectivity index (χ1n) is 6.65. The fraction of sp³-hybridized carbons (Fsp3) is 0.400. The third-order valence-electron chi connectivity index (χ3n) is 2.61. The normalized spacial score (nSPS) is 10.7. The maximum absolute atomic E-state index is 11.9. The summed E-state index contributed by atoms with van der Waals surface area (Å²) in [4.78, 5) is 13.7. The van der Waals surface area contributed by atoms with Crippen molar-refractivity contribution in [3.8, 4) is 0 Å². The van der Waals surface area contributed by atoms with Crippen molar-refractivity contribution in [2.75, 3.05) is 13.1 Å². The Morgan fingerprint density at radius 2 is 2.00 bits per heavy atom. The van der Waals surface area contributed by atoms with Crippen LogP contribution >= 0.6 is 11.6 Å². The van der Waals surface area contributed by atoms with Crippen molar-refractivity contribution < 1.29 is 4.79 Å². The molecule has 0 bridgehead atoms. The standard InChI is InChI=1S/C15H21ClN2O/c1-3-10-18(11-4-2)15(19)17-9-8-13-6-5-7-14(16)12-13/h5-9,12H,3-4,10-11H2,1-2H3,(H,17,19)/b9-8+. The molecule has 0 aliphatic rings. The molecule has 1 aromatic rings. The minimum absolute atomic E-state index is 0.0537. The summed E-state index contributed by atoms with van der Waals surface area (Å²) < 4.78 is 0. The van der Waals surface area contributed by atoms with Gasteiger partial charge in [0.1, 0.15) is 0 Å². The minimum atomic E-state index is -0.0537. The average molecular weight is 281 g/mol. The van der Waals surface area contributed by atoms with Crippen molar-refractivity contribution in [2.45, 2.75) is 26.7 Å². The molecule has 0 saturated carbocycles. The van der Waals surface area contributed by atoms with E-state index >= 15 is 0 Å². The first-order valence-corrected chi connectivity index (χ1v) is 7.02. The van der Waals surface area contributed by atoms with Gasteiger partial charge in [-0.25, -0.2) is 4.79 Å². The molecule has 1 rings (SSSR count). The van der Waals surface area contributed by atoms with Gasteiger partial charge in [0, 0.05) is 24.3 Å². The first kappa shape index (κ1) is 15.6. The summed E-state index contributed by atoms with van der Waals surface area (Å²) >= 11 is 5.89. The topological polar surface area (TPSA) is 32.3 Å². The molecule has 0 heterocycles. The van der Waals surface area contributed by atoms with E-state index in [1.54, 1.807) is 6.20 Å². The number of nitrogens with one attached hydrogen (secondary N) is 1. The van der Waals surface area contributed by atoms with Crippen molar-refractivity contribution in [3.05, 3.63) is 41.1 Å². The van der Waals surface area contributed by atoms with Gasteiger partial charge in [0.2, 0.25) is 0 Å². The highest BCUT2D eigenvalue weighted by atomic mass is 35.5. The van der Waals surface area contributed by atoms with Crippen LogP contribution in [0.5, 0.6) is 0 Å². The molecule has 0 spiro atoms. The average Bonchev–Trinajstić information content (AvgIpc) is 2.38. The lowest BCUT2D eigenvalue weighted by atomic mass is 10.2. The molecule has 0 unspecified atom stereocenters. The van der Waals surface area contributed by atoms with E-state index in [1.165, 1.54) is 0 Å². The van der Waals surface area contributed by atoms with Gasteiger partial charge in [-0.05, 0) is 36.6 Å². The van der Waals surface area contributed by atoms with E-state index in [0.717, 1.165) is 31.5 Å². The predicted octanol–water partition coefficient (Wildman–Crippen LogP) is 4.14. The molecule has 0 radical (unpaired) electrons. The number of rotatable bonds is 6. The summed E-state index contributed by atoms with van der Waals surface area (Å²) in [6.45, 7) is 5.70. The number of urea groups is 1. The predicted molar refractivity (Wildman–Crippen MR) is 81.2 cm³/mol. The summed E-state index contributed by atoms with van der Waals surface area (Å²) in [6.07, 6.45) is 5.42. The van der Waals surface area contributed by atoms with Crippen LogP contribution in [0.4, 0.5) is 4.79 Å². The third kappa shape index (κ3) is 5.79. The zero-order chi connectivity index (χ0) is 14.1. The second-order valence-corrected chi connectivity index (χ2v) is 4.76. The molecular formula is C15H21ClN2O. The summed E-state index contributed by atoms with van der Waals surface area (Å²) in [7, 11) is 0. The summed E-state index contributed by atoms with van der Waals surface area (Å²) in [5.74, 6) is 0. The van der Waals surface area contributed by atoms with E-state index in [0.29, 0.717) is 5.02 Å². The Kier molecular flexibility index (Phi) is 7.04. The summed E-state index contributed by atoms with van der Waals surface area (Å²) in [5, 5.41) is 3.47. The number of nitrogens with zero attached hydrogens (tertiary/aromatic N) is 1. The van der Waals surface area contributed by atoms with Crippen molar-refractivity contribution in [1.29, 1.82) is 0 Å². The van der Waals surface area contributed by atoms with Gasteiger partial charge in [0.25, 0.3) is 0 Å². The minimum Gasteiger partial charge on any atom is -0.325 e. The monoisotopic (exact) mass is 280 g/mol. The van der Waals surface area contributed by atoms with E-state index < -0.39 is 0 Å². The number of amides is 2. The van der Waals surface area contributed by atoms with Crippen molar-refractivity contribution >= 4 is 23.7 Å². The quantitative estimate of drug-likeness (QED) is 0.834. The molecule has 0 fully saturated rings. The van der Waals surface area contributed by atoms with Crippen molar-refractivity contribution in [1.82, 2.24) is 10.2 Å². The molecule has 0 atom stereocenters. The van der Waals surface area contributed by atoms with E-state index in [1.807, 2.05) is 35.2 Å². The zero-order valence-electron chi connectivity index (χ0n) is 11.5. The molecule has 0 saturated heterocycles. The van der Waals surface area contributed by atoms with Crippen LogP contribution in [0.25, 0.3) is 6.08 Å². The Balaban J connectivity index is 2.52. The largest absolute Gasteiger partial charge is 0.325 e. The highest BCUT2D eigenvalue weighted by Crippen LogP contribution is 2.11. The van der Waals surface area contributed by atoms with E-state index in [2.05, 4.69) is 19.2 Å². The molecule has 2 amide bonds. The summed E-state index contributed by atoms with van der Waals surface area (Å²) in [5.41, 5.74) is 0.963. The van der Waals surface area contributed by atoms with E-state index in [9.17, 15) is 4.79 Å². The van der Waals surface area contributed by atoms with Crippen LogP contribution in [0.1, 0.15) is 32.3 Å². The van der Waals surface area contributed by atoms with Crippen LogP contribution in [0.2, 0.25) is 5.02 Å². The Bertz CT molecular complexity index is 426. The number of benzene rings is 1. The maximum Gasteiger partial charge on any atom is 0.321 e. The molecule has 3 nitrogen and oxygen atoms in total. The lowest BCUT2D eigenvalue weighted by Gasteiger charge is -2.20. The molecule has 19 heavy (non-hydrogen) atoms. The van der Waals surface area contributed by atoms with Gasteiger partial charge < -0.3 is 10.2 Å². The van der Waals surface area contributed by atoms with Gasteiger partial charge in [-0.2, -0.15) is 0 Å². The van der Waals surface area contributed by atoms with Crippen LogP contribution in [-0.4, -0.2) is 24.0 Å². The van der Waals surface area contributed by atoms with E-state index in [-0.39, 0.29) is 6.03 Å². The number of hydrogen-bond donors (Lipinski definition) is 1. The van der Waals surface area contributed by atoms with Crippen LogP contribution in [-0.2, 0) is 0 Å². The lowest BCUT2D eigenvalue weighted by molar-refractivity contribution is 0.201. The Morgan fingerprint density at radius 3 is 2.58 bits per heavy atom. The number of carbonyl (C=O) groups excluding carboxylic acids is 1. The maximum atomic E-state index is 11.9. The van der Waals surface area contributed by atoms with Gasteiger partial charge in [0.15, 0.2) is 0 Å². The molecule has 0 aliphatic heterocycles. The highest BCUT2D eigenvalue weighted by Gasteiger charge is 2.08. The third-order valence-corrected chi connectivity index (χ3v) is 2.84. The Morgan fingerprint density at radius 1 is 1.32 bits per heavy atom. The van der Waals surface area contributed by atoms with Gasteiger partial charge in [-0.1, -0.05) is 37.6 Å². The molecule has 1 aromatic carbocycles. The highest BCUT2D eigenvalue weighted by molar-refractivity contribution is 6.30. The smallest absolute Gasteiger partial charge is 0.321 e. The van der Waals surface area contributed by atoms with Crippen molar-refractivity contribution in [2.24, 2.45) is 0 Å². The fourth-order valence-corrected chi connectivity index (χ4v) is 1.96. The number of carbonyl (C=O) groups is 1. The first-order chi connectivity index (χ1) is 9.17. The SMILES string of the molecule is CCCN(CCC)C(=O)N/C=C/c1cccc(Cl)c1.